The molecule has 1 saturated heterocycles. The van der Waals surface area contributed by atoms with Gasteiger partial charge in [0.2, 0.25) is 0 Å². The van der Waals surface area contributed by atoms with Crippen molar-refractivity contribution in [2.75, 3.05) is 31.1 Å². The number of hydrogen-bond donors (Lipinski definition) is 1. The normalized spacial score (nSPS) is 16.6. The number of nitrogens with zero attached hydrogens (tertiary/aromatic N) is 3. The van der Waals surface area contributed by atoms with Crippen LogP contribution < -0.4 is 10.2 Å². The Morgan fingerprint density at radius 1 is 1.32 bits per heavy atom. The average Bonchev–Trinajstić information content (AvgIpc) is 3.18. The Balaban J connectivity index is 1.51. The summed E-state index contributed by atoms with van der Waals surface area (Å²) in [4.78, 5) is 21.0. The first-order valence-corrected chi connectivity index (χ1v) is 9.15. The van der Waals surface area contributed by atoms with Crippen molar-refractivity contribution in [1.82, 2.24) is 15.2 Å². The number of amides is 2. The third-order valence-electron chi connectivity index (χ3n) is 3.73. The minimum absolute atomic E-state index is 0.00572. The molecule has 1 fully saturated rings. The minimum atomic E-state index is -0.0403. The summed E-state index contributed by atoms with van der Waals surface area (Å²) in [6, 6.07) is 4.16. The van der Waals surface area contributed by atoms with E-state index in [0.717, 1.165) is 36.9 Å². The maximum atomic E-state index is 12.4. The maximum Gasteiger partial charge on any atom is 0.318 e. The van der Waals surface area contributed by atoms with Crippen LogP contribution in [0.5, 0.6) is 0 Å². The van der Waals surface area contributed by atoms with Gasteiger partial charge in [0.25, 0.3) is 0 Å². The summed E-state index contributed by atoms with van der Waals surface area (Å²) in [7, 11) is 0. The molecule has 2 aromatic rings. The van der Waals surface area contributed by atoms with Gasteiger partial charge in [-0.15, -0.1) is 22.7 Å². The summed E-state index contributed by atoms with van der Waals surface area (Å²) in [5.41, 5.74) is 1.01. The van der Waals surface area contributed by atoms with Crippen molar-refractivity contribution in [2.45, 2.75) is 19.9 Å². The van der Waals surface area contributed by atoms with Gasteiger partial charge in [-0.2, -0.15) is 0 Å². The van der Waals surface area contributed by atoms with Crippen molar-refractivity contribution in [3.8, 4) is 0 Å². The third-order valence-corrected chi connectivity index (χ3v) is 5.81. The maximum absolute atomic E-state index is 12.4. The number of piperazine rings is 1. The van der Waals surface area contributed by atoms with E-state index >= 15 is 0 Å². The summed E-state index contributed by atoms with van der Waals surface area (Å²) in [5.74, 6) is 0. The number of aryl methyl sites for hydroxylation is 1. The van der Waals surface area contributed by atoms with Crippen LogP contribution >= 0.6 is 22.7 Å². The number of anilines is 1. The van der Waals surface area contributed by atoms with Gasteiger partial charge in [0.15, 0.2) is 0 Å². The molecule has 1 atom stereocenters. The van der Waals surface area contributed by atoms with Crippen LogP contribution in [0.1, 0.15) is 23.7 Å². The number of urea groups is 1. The predicted octanol–water partition coefficient (Wildman–Crippen LogP) is 3.11. The number of rotatable bonds is 3. The van der Waals surface area contributed by atoms with Crippen LogP contribution in [0.25, 0.3) is 0 Å². The minimum Gasteiger partial charge on any atom is -0.360 e. The zero-order chi connectivity index (χ0) is 15.5. The van der Waals surface area contributed by atoms with E-state index in [9.17, 15) is 4.79 Å². The second-order valence-electron chi connectivity index (χ2n) is 5.42. The molecule has 3 rings (SSSR count). The quantitative estimate of drug-likeness (QED) is 0.937. The second kappa shape index (κ2) is 6.66. The molecule has 1 aliphatic rings. The number of nitrogens with one attached hydrogen (secondary N) is 1. The van der Waals surface area contributed by atoms with Gasteiger partial charge < -0.3 is 15.1 Å². The molecule has 3 heterocycles. The van der Waals surface area contributed by atoms with E-state index in [1.165, 1.54) is 5.00 Å². The van der Waals surface area contributed by atoms with E-state index in [4.69, 9.17) is 0 Å². The van der Waals surface area contributed by atoms with Crippen LogP contribution in [0.3, 0.4) is 0 Å². The fourth-order valence-corrected chi connectivity index (χ4v) is 4.08. The van der Waals surface area contributed by atoms with E-state index < -0.39 is 0 Å². The topological polar surface area (TPSA) is 48.5 Å². The van der Waals surface area contributed by atoms with E-state index in [2.05, 4.69) is 32.7 Å². The molecule has 0 unspecified atom stereocenters. The number of thiazole rings is 1. The molecule has 7 heteroatoms. The first-order valence-electron chi connectivity index (χ1n) is 7.39. The van der Waals surface area contributed by atoms with Crippen molar-refractivity contribution in [3.63, 3.8) is 0 Å². The van der Waals surface area contributed by atoms with Gasteiger partial charge in [-0.3, -0.25) is 0 Å². The lowest BCUT2D eigenvalue weighted by molar-refractivity contribution is 0.191. The van der Waals surface area contributed by atoms with E-state index in [-0.39, 0.29) is 12.1 Å². The molecule has 0 saturated carbocycles. The Labute approximate surface area is 138 Å². The van der Waals surface area contributed by atoms with Crippen LogP contribution in [0.2, 0.25) is 0 Å². The van der Waals surface area contributed by atoms with E-state index in [1.54, 1.807) is 22.7 Å². The molecular formula is C15H20N4OS2. The molecule has 5 nitrogen and oxygen atoms in total. The first-order chi connectivity index (χ1) is 10.6. The number of aromatic nitrogens is 1. The predicted molar refractivity (Wildman–Crippen MR) is 91.9 cm³/mol. The molecule has 118 valence electrons. The molecular weight excluding hydrogens is 316 g/mol. The summed E-state index contributed by atoms with van der Waals surface area (Å²) in [5, 5.41) is 9.39. The fourth-order valence-electron chi connectivity index (χ4n) is 2.49. The lowest BCUT2D eigenvalue weighted by Crippen LogP contribution is -2.52. The molecule has 0 spiro atoms. The largest absolute Gasteiger partial charge is 0.360 e. The number of thiophene rings is 1. The van der Waals surface area contributed by atoms with Crippen LogP contribution in [-0.4, -0.2) is 42.1 Å². The lowest BCUT2D eigenvalue weighted by atomic mass is 10.3. The third kappa shape index (κ3) is 3.41. The summed E-state index contributed by atoms with van der Waals surface area (Å²) >= 11 is 3.34. The van der Waals surface area contributed by atoms with Gasteiger partial charge in [-0.1, -0.05) is 0 Å². The standard InChI is InChI=1S/C15H20N4OS2/c1-11-10-22-14(16-11)12(2)17-15(20)19-7-5-18(6-8-19)13-4-3-9-21-13/h3-4,9-10,12H,5-8H2,1-2H3,(H,17,20)/t12-/m1/s1. The highest BCUT2D eigenvalue weighted by Gasteiger charge is 2.23. The van der Waals surface area contributed by atoms with E-state index in [0.29, 0.717) is 0 Å². The number of carbonyl (C=O) groups excluding carboxylic acids is 1. The van der Waals surface area contributed by atoms with Crippen LogP contribution in [0, 0.1) is 6.92 Å². The lowest BCUT2D eigenvalue weighted by Gasteiger charge is -2.35. The highest BCUT2D eigenvalue weighted by atomic mass is 32.1. The summed E-state index contributed by atoms with van der Waals surface area (Å²) in [6.07, 6.45) is 0. The molecule has 0 radical (unpaired) electrons. The van der Waals surface area contributed by atoms with Gasteiger partial charge >= 0.3 is 6.03 Å². The Bertz CT molecular complexity index is 617. The van der Waals surface area contributed by atoms with Crippen LogP contribution in [0.4, 0.5) is 9.80 Å². The molecule has 0 bridgehead atoms. The Morgan fingerprint density at radius 3 is 2.68 bits per heavy atom. The zero-order valence-corrected chi connectivity index (χ0v) is 14.4. The molecule has 1 N–H and O–H groups in total. The van der Waals surface area contributed by atoms with Gasteiger partial charge in [0, 0.05) is 37.3 Å². The van der Waals surface area contributed by atoms with Crippen molar-refractivity contribution >= 4 is 33.7 Å². The van der Waals surface area contributed by atoms with Gasteiger partial charge in [-0.25, -0.2) is 9.78 Å². The molecule has 2 amide bonds. The molecule has 22 heavy (non-hydrogen) atoms. The van der Waals surface area contributed by atoms with Crippen molar-refractivity contribution < 1.29 is 4.79 Å². The fraction of sp³-hybridized carbons (Fsp3) is 0.467. The molecule has 0 aromatic carbocycles. The smallest absolute Gasteiger partial charge is 0.318 e. The highest BCUT2D eigenvalue weighted by molar-refractivity contribution is 7.14. The van der Waals surface area contributed by atoms with Crippen molar-refractivity contribution in [2.24, 2.45) is 0 Å². The van der Waals surface area contributed by atoms with Crippen molar-refractivity contribution in [1.29, 1.82) is 0 Å². The van der Waals surface area contributed by atoms with Crippen molar-refractivity contribution in [3.05, 3.63) is 33.6 Å². The van der Waals surface area contributed by atoms with Gasteiger partial charge in [-0.05, 0) is 31.4 Å². The summed E-state index contributed by atoms with van der Waals surface area (Å²) < 4.78 is 0. The number of carbonyl (C=O) groups is 1. The molecule has 2 aromatic heterocycles. The number of hydrogen-bond acceptors (Lipinski definition) is 5. The highest BCUT2D eigenvalue weighted by Crippen LogP contribution is 2.23. The average molecular weight is 336 g/mol. The van der Waals surface area contributed by atoms with Gasteiger partial charge in [0.05, 0.1) is 11.0 Å². The van der Waals surface area contributed by atoms with Crippen LogP contribution in [-0.2, 0) is 0 Å². The van der Waals surface area contributed by atoms with Crippen LogP contribution in [0.15, 0.2) is 22.9 Å². The first kappa shape index (κ1) is 15.3. The zero-order valence-electron chi connectivity index (χ0n) is 12.8. The van der Waals surface area contributed by atoms with Gasteiger partial charge in [0.1, 0.15) is 5.01 Å². The monoisotopic (exact) mass is 336 g/mol. The Morgan fingerprint density at radius 2 is 2.09 bits per heavy atom. The summed E-state index contributed by atoms with van der Waals surface area (Å²) in [6.45, 7) is 7.24. The Kier molecular flexibility index (Phi) is 4.63. The van der Waals surface area contributed by atoms with E-state index in [1.807, 2.05) is 24.1 Å². The Hall–Kier alpha value is -1.60. The molecule has 1 aliphatic heterocycles. The molecule has 0 aliphatic carbocycles. The SMILES string of the molecule is Cc1csc([C@@H](C)NC(=O)N2CCN(c3cccs3)CC2)n1. The second-order valence-corrected chi connectivity index (χ2v) is 7.24.